The van der Waals surface area contributed by atoms with Gasteiger partial charge in [0.1, 0.15) is 0 Å². The number of nitrogens with zero attached hydrogens (tertiary/aromatic N) is 1. The zero-order valence-electron chi connectivity index (χ0n) is 10.5. The quantitative estimate of drug-likeness (QED) is 0.884. The predicted octanol–water partition coefficient (Wildman–Crippen LogP) is 1.54. The number of aliphatic carboxylic acids is 1. The number of nitrogens with one attached hydrogen (secondary N) is 1. The van der Waals surface area contributed by atoms with Gasteiger partial charge in [-0.1, -0.05) is 22.0 Å². The van der Waals surface area contributed by atoms with E-state index in [0.29, 0.717) is 13.1 Å². The van der Waals surface area contributed by atoms with Crippen LogP contribution >= 0.6 is 15.9 Å². The molecule has 102 valence electrons. The van der Waals surface area contributed by atoms with Crippen LogP contribution in [0, 0.1) is 6.92 Å². The molecule has 6 heteroatoms. The Bertz CT molecular complexity index is 519. The molecule has 1 aromatic rings. The van der Waals surface area contributed by atoms with E-state index in [1.165, 1.54) is 0 Å². The molecule has 1 aliphatic heterocycles. The maximum absolute atomic E-state index is 12.2. The fraction of sp³-hybridized carbons (Fsp3) is 0.385. The van der Waals surface area contributed by atoms with Crippen molar-refractivity contribution in [2.45, 2.75) is 19.4 Å². The average Bonchev–Trinajstić information content (AvgIpc) is 2.35. The number of carbonyl (C=O) groups excluding carboxylic acids is 1. The van der Waals surface area contributed by atoms with Crippen LogP contribution in [0.3, 0.4) is 0 Å². The highest BCUT2D eigenvalue weighted by Crippen LogP contribution is 2.25. The summed E-state index contributed by atoms with van der Waals surface area (Å²) in [7, 11) is 0. The Hall–Kier alpha value is -1.40. The predicted molar refractivity (Wildman–Crippen MR) is 75.3 cm³/mol. The first-order valence-corrected chi connectivity index (χ1v) is 6.81. The highest BCUT2D eigenvalue weighted by molar-refractivity contribution is 9.10. The first-order chi connectivity index (χ1) is 8.99. The number of halogens is 1. The molecule has 1 heterocycles. The van der Waals surface area contributed by atoms with Gasteiger partial charge < -0.3 is 15.3 Å². The maximum atomic E-state index is 12.2. The Kier molecular flexibility index (Phi) is 4.21. The van der Waals surface area contributed by atoms with Crippen molar-refractivity contribution < 1.29 is 14.7 Å². The molecule has 1 atom stereocenters. The van der Waals surface area contributed by atoms with Gasteiger partial charge in [-0.05, 0) is 24.6 Å². The number of piperazine rings is 1. The van der Waals surface area contributed by atoms with E-state index >= 15 is 0 Å². The smallest absolute Gasteiger partial charge is 0.305 e. The number of rotatable bonds is 3. The van der Waals surface area contributed by atoms with Crippen molar-refractivity contribution in [1.29, 1.82) is 0 Å². The highest BCUT2D eigenvalue weighted by Gasteiger charge is 2.30. The summed E-state index contributed by atoms with van der Waals surface area (Å²) in [4.78, 5) is 24.6. The van der Waals surface area contributed by atoms with Crippen LogP contribution in [0.5, 0.6) is 0 Å². The van der Waals surface area contributed by atoms with E-state index in [2.05, 4.69) is 21.2 Å². The zero-order chi connectivity index (χ0) is 14.0. The minimum absolute atomic E-state index is 0.190. The van der Waals surface area contributed by atoms with Gasteiger partial charge in [0.05, 0.1) is 12.5 Å². The van der Waals surface area contributed by atoms with Gasteiger partial charge in [0, 0.05) is 23.2 Å². The van der Waals surface area contributed by atoms with Crippen molar-refractivity contribution in [3.8, 4) is 0 Å². The Morgan fingerprint density at radius 1 is 1.58 bits per heavy atom. The maximum Gasteiger partial charge on any atom is 0.305 e. The number of hydrogen-bond donors (Lipinski definition) is 2. The molecular formula is C13H15BrN2O3. The summed E-state index contributed by atoms with van der Waals surface area (Å²) in [5.41, 5.74) is 1.88. The van der Waals surface area contributed by atoms with Crippen LogP contribution in [0.4, 0.5) is 5.69 Å². The Morgan fingerprint density at radius 2 is 2.32 bits per heavy atom. The van der Waals surface area contributed by atoms with E-state index in [9.17, 15) is 9.59 Å². The number of carboxylic acid groups (broad SMARTS) is 1. The Labute approximate surface area is 119 Å². The molecule has 1 aromatic carbocycles. The van der Waals surface area contributed by atoms with Crippen LogP contribution in [-0.4, -0.2) is 36.1 Å². The third kappa shape index (κ3) is 3.13. The molecule has 0 radical (unpaired) electrons. The molecule has 1 unspecified atom stereocenters. The van der Waals surface area contributed by atoms with Gasteiger partial charge in [0.2, 0.25) is 5.91 Å². The average molecular weight is 327 g/mol. The Balaban J connectivity index is 2.21. The molecule has 0 saturated carbocycles. The molecule has 1 saturated heterocycles. The minimum atomic E-state index is -0.974. The number of anilines is 1. The Morgan fingerprint density at radius 3 is 2.95 bits per heavy atom. The van der Waals surface area contributed by atoms with Gasteiger partial charge in [0.25, 0.3) is 0 Å². The van der Waals surface area contributed by atoms with Crippen LogP contribution in [-0.2, 0) is 9.59 Å². The standard InChI is InChI=1S/C13H15BrN2O3/c1-8-2-3-9(6-10(8)14)16-5-4-15-11(13(16)19)7-12(17)18/h2-3,6,11,15H,4-5,7H2,1H3,(H,17,18). The summed E-state index contributed by atoms with van der Waals surface area (Å²) in [6.45, 7) is 3.11. The van der Waals surface area contributed by atoms with Gasteiger partial charge in [0.15, 0.2) is 0 Å². The first kappa shape index (κ1) is 14.0. The van der Waals surface area contributed by atoms with E-state index in [4.69, 9.17) is 5.11 Å². The number of carboxylic acids is 1. The second-order valence-electron chi connectivity index (χ2n) is 4.53. The van der Waals surface area contributed by atoms with E-state index in [1.54, 1.807) is 4.90 Å². The molecular weight excluding hydrogens is 312 g/mol. The van der Waals surface area contributed by atoms with Gasteiger partial charge in [-0.2, -0.15) is 0 Å². The fourth-order valence-corrected chi connectivity index (χ4v) is 2.44. The molecule has 2 rings (SSSR count). The summed E-state index contributed by atoms with van der Waals surface area (Å²) in [6.07, 6.45) is -0.192. The highest BCUT2D eigenvalue weighted by atomic mass is 79.9. The lowest BCUT2D eigenvalue weighted by Crippen LogP contribution is -2.55. The summed E-state index contributed by atoms with van der Waals surface area (Å²) in [6, 6.07) is 5.05. The van der Waals surface area contributed by atoms with E-state index in [1.807, 2.05) is 25.1 Å². The lowest BCUT2D eigenvalue weighted by molar-refractivity contribution is -0.139. The van der Waals surface area contributed by atoms with Gasteiger partial charge in [-0.25, -0.2) is 0 Å². The lowest BCUT2D eigenvalue weighted by Gasteiger charge is -2.32. The number of aryl methyl sites for hydroxylation is 1. The molecule has 1 aliphatic rings. The zero-order valence-corrected chi connectivity index (χ0v) is 12.1. The summed E-state index contributed by atoms with van der Waals surface area (Å²) in [5, 5.41) is 11.7. The first-order valence-electron chi connectivity index (χ1n) is 6.02. The van der Waals surface area contributed by atoms with Crippen LogP contribution in [0.25, 0.3) is 0 Å². The van der Waals surface area contributed by atoms with Crippen molar-refractivity contribution in [2.75, 3.05) is 18.0 Å². The molecule has 1 amide bonds. The lowest BCUT2D eigenvalue weighted by atomic mass is 10.1. The van der Waals surface area contributed by atoms with Gasteiger partial charge in [-0.15, -0.1) is 0 Å². The van der Waals surface area contributed by atoms with Crippen molar-refractivity contribution in [1.82, 2.24) is 5.32 Å². The van der Waals surface area contributed by atoms with Crippen LogP contribution < -0.4 is 10.2 Å². The fourth-order valence-electron chi connectivity index (χ4n) is 2.08. The van der Waals surface area contributed by atoms with Crippen molar-refractivity contribution >= 4 is 33.5 Å². The summed E-state index contributed by atoms with van der Waals surface area (Å²) < 4.78 is 0.936. The van der Waals surface area contributed by atoms with E-state index < -0.39 is 12.0 Å². The van der Waals surface area contributed by atoms with Crippen LogP contribution in [0.2, 0.25) is 0 Å². The number of amides is 1. The molecule has 19 heavy (non-hydrogen) atoms. The van der Waals surface area contributed by atoms with Crippen LogP contribution in [0.15, 0.2) is 22.7 Å². The van der Waals surface area contributed by atoms with Gasteiger partial charge >= 0.3 is 5.97 Å². The van der Waals surface area contributed by atoms with Crippen molar-refractivity contribution in [2.24, 2.45) is 0 Å². The normalized spacial score (nSPS) is 19.6. The van der Waals surface area contributed by atoms with Crippen molar-refractivity contribution in [3.63, 3.8) is 0 Å². The summed E-state index contributed by atoms with van der Waals surface area (Å²) >= 11 is 3.44. The molecule has 5 nitrogen and oxygen atoms in total. The molecule has 0 aliphatic carbocycles. The minimum Gasteiger partial charge on any atom is -0.481 e. The van der Waals surface area contributed by atoms with Crippen LogP contribution in [0.1, 0.15) is 12.0 Å². The molecule has 0 bridgehead atoms. The second kappa shape index (κ2) is 5.71. The topological polar surface area (TPSA) is 69.6 Å². The third-order valence-corrected chi connectivity index (χ3v) is 3.99. The largest absolute Gasteiger partial charge is 0.481 e. The monoisotopic (exact) mass is 326 g/mol. The molecule has 0 aromatic heterocycles. The van der Waals surface area contributed by atoms with Gasteiger partial charge in [-0.3, -0.25) is 9.59 Å². The number of benzene rings is 1. The molecule has 1 fully saturated rings. The number of hydrogen-bond acceptors (Lipinski definition) is 3. The molecule has 0 spiro atoms. The summed E-state index contributed by atoms with van der Waals surface area (Å²) in [5.74, 6) is -1.16. The third-order valence-electron chi connectivity index (χ3n) is 3.14. The van der Waals surface area contributed by atoms with E-state index in [0.717, 1.165) is 15.7 Å². The second-order valence-corrected chi connectivity index (χ2v) is 5.38. The van der Waals surface area contributed by atoms with Crippen molar-refractivity contribution in [3.05, 3.63) is 28.2 Å². The van der Waals surface area contributed by atoms with E-state index in [-0.39, 0.29) is 12.3 Å². The molecule has 2 N–H and O–H groups in total. The number of carbonyl (C=O) groups is 2. The SMILES string of the molecule is Cc1ccc(N2CCNC(CC(=O)O)C2=O)cc1Br.